The number of nitrogens with zero attached hydrogens (tertiary/aromatic N) is 4. The van der Waals surface area contributed by atoms with Gasteiger partial charge in [0.05, 0.1) is 22.5 Å². The molecule has 4 heterocycles. The van der Waals surface area contributed by atoms with Crippen molar-refractivity contribution in [1.82, 2.24) is 29.9 Å². The molecule has 1 aliphatic carbocycles. The van der Waals surface area contributed by atoms with Crippen molar-refractivity contribution in [3.63, 3.8) is 0 Å². The summed E-state index contributed by atoms with van der Waals surface area (Å²) < 4.78 is 40.3. The SMILES string of the molecule is O=C(CCc1nc2sc3c(c2c(=O)[nH]1)CCC3)NCc1nnc2c(Cl)cc(C(F)(F)F)cn12. The van der Waals surface area contributed by atoms with Crippen LogP contribution in [0, 0.1) is 0 Å². The second kappa shape index (κ2) is 8.10. The lowest BCUT2D eigenvalue weighted by molar-refractivity contribution is -0.137. The number of fused-ring (bicyclic) bond motifs is 4. The van der Waals surface area contributed by atoms with Gasteiger partial charge in [-0.1, -0.05) is 11.6 Å². The van der Waals surface area contributed by atoms with Crippen LogP contribution in [0.2, 0.25) is 5.02 Å². The molecule has 0 unspecified atom stereocenters. The van der Waals surface area contributed by atoms with E-state index in [0.717, 1.165) is 41.5 Å². The maximum absolute atomic E-state index is 13.1. The minimum absolute atomic E-state index is 0.0326. The number of amides is 1. The highest BCUT2D eigenvalue weighted by Crippen LogP contribution is 2.34. The predicted octanol–water partition coefficient (Wildman–Crippen LogP) is 3.44. The molecule has 1 aliphatic rings. The summed E-state index contributed by atoms with van der Waals surface area (Å²) in [5, 5.41) is 10.7. The molecule has 172 valence electrons. The zero-order valence-electron chi connectivity index (χ0n) is 16.9. The smallest absolute Gasteiger partial charge is 0.349 e. The molecule has 1 amide bonds. The number of carbonyl (C=O) groups excluding carboxylic acids is 1. The molecule has 0 saturated heterocycles. The molecule has 13 heteroatoms. The number of H-pyrrole nitrogens is 1. The number of aryl methyl sites for hydroxylation is 3. The molecule has 4 aromatic rings. The summed E-state index contributed by atoms with van der Waals surface area (Å²) in [4.78, 5) is 34.0. The number of alkyl halides is 3. The number of halogens is 4. The standard InChI is InChI=1S/C20H16ClF3N6O2S/c21-11-6-9(20(22,23)24)8-30-14(28-29-17(11)30)7-25-15(31)5-4-13-26-18(32)16-10-2-1-3-12(10)33-19(16)27-13/h6,8H,1-5,7H2,(H,25,31)(H,26,27,32). The number of nitrogens with one attached hydrogen (secondary N) is 2. The van der Waals surface area contributed by atoms with Gasteiger partial charge in [-0.25, -0.2) is 4.98 Å². The first-order valence-electron chi connectivity index (χ1n) is 10.1. The second-order valence-corrected chi connectivity index (χ2v) is 9.20. The largest absolute Gasteiger partial charge is 0.417 e. The van der Waals surface area contributed by atoms with Crippen LogP contribution in [0.3, 0.4) is 0 Å². The highest BCUT2D eigenvalue weighted by molar-refractivity contribution is 7.18. The Morgan fingerprint density at radius 1 is 1.30 bits per heavy atom. The van der Waals surface area contributed by atoms with Gasteiger partial charge in [0.25, 0.3) is 5.56 Å². The third kappa shape index (κ3) is 4.08. The Bertz CT molecular complexity index is 1460. The molecule has 0 radical (unpaired) electrons. The molecule has 4 aromatic heterocycles. The van der Waals surface area contributed by atoms with Crippen LogP contribution in [0.25, 0.3) is 15.9 Å². The molecular formula is C20H16ClF3N6O2S. The van der Waals surface area contributed by atoms with Crippen LogP contribution in [0.5, 0.6) is 0 Å². The fourth-order valence-corrected chi connectivity index (χ4v) is 5.47. The number of hydrogen-bond acceptors (Lipinski definition) is 6. The topological polar surface area (TPSA) is 105 Å². The van der Waals surface area contributed by atoms with Crippen molar-refractivity contribution in [1.29, 1.82) is 0 Å². The molecule has 2 N–H and O–H groups in total. The zero-order valence-corrected chi connectivity index (χ0v) is 18.5. The fourth-order valence-electron chi connectivity index (χ4n) is 3.94. The number of aromatic amines is 1. The Morgan fingerprint density at radius 3 is 2.91 bits per heavy atom. The van der Waals surface area contributed by atoms with Crippen molar-refractivity contribution in [3.8, 4) is 0 Å². The lowest BCUT2D eigenvalue weighted by Gasteiger charge is -2.09. The highest BCUT2D eigenvalue weighted by atomic mass is 35.5. The number of hydrogen-bond donors (Lipinski definition) is 2. The van der Waals surface area contributed by atoms with E-state index in [2.05, 4.69) is 25.5 Å². The first-order valence-corrected chi connectivity index (χ1v) is 11.3. The van der Waals surface area contributed by atoms with Crippen molar-refractivity contribution < 1.29 is 18.0 Å². The average Bonchev–Trinajstić information content (AvgIpc) is 3.44. The van der Waals surface area contributed by atoms with Gasteiger partial charge in [0.2, 0.25) is 5.91 Å². The van der Waals surface area contributed by atoms with Crippen molar-refractivity contribution in [2.75, 3.05) is 0 Å². The summed E-state index contributed by atoms with van der Waals surface area (Å²) in [5.41, 5.74) is 0.00800. The summed E-state index contributed by atoms with van der Waals surface area (Å²) in [5.74, 6) is 0.144. The van der Waals surface area contributed by atoms with Crippen LogP contribution in [-0.2, 0) is 36.8 Å². The highest BCUT2D eigenvalue weighted by Gasteiger charge is 2.32. The second-order valence-electron chi connectivity index (χ2n) is 7.71. The maximum Gasteiger partial charge on any atom is 0.417 e. The van der Waals surface area contributed by atoms with Gasteiger partial charge in [-0.3, -0.25) is 14.0 Å². The van der Waals surface area contributed by atoms with E-state index in [9.17, 15) is 22.8 Å². The van der Waals surface area contributed by atoms with Gasteiger partial charge in [-0.15, -0.1) is 21.5 Å². The molecule has 0 saturated carbocycles. The lowest BCUT2D eigenvalue weighted by Crippen LogP contribution is -2.25. The summed E-state index contributed by atoms with van der Waals surface area (Å²) in [6, 6.07) is 0.779. The lowest BCUT2D eigenvalue weighted by atomic mass is 10.2. The van der Waals surface area contributed by atoms with E-state index in [4.69, 9.17) is 11.6 Å². The van der Waals surface area contributed by atoms with Crippen molar-refractivity contribution in [2.45, 2.75) is 44.8 Å². The maximum atomic E-state index is 13.1. The van der Waals surface area contributed by atoms with E-state index >= 15 is 0 Å². The van der Waals surface area contributed by atoms with E-state index < -0.39 is 11.7 Å². The van der Waals surface area contributed by atoms with Gasteiger partial charge in [0.1, 0.15) is 10.7 Å². The Hall–Kier alpha value is -2.99. The third-order valence-electron chi connectivity index (χ3n) is 5.51. The van der Waals surface area contributed by atoms with E-state index in [1.54, 1.807) is 0 Å². The van der Waals surface area contributed by atoms with Crippen molar-refractivity contribution in [3.05, 3.63) is 55.3 Å². The summed E-state index contributed by atoms with van der Waals surface area (Å²) in [7, 11) is 0. The summed E-state index contributed by atoms with van der Waals surface area (Å²) in [6.07, 6.45) is -0.616. The molecule has 0 aliphatic heterocycles. The number of thiophene rings is 1. The summed E-state index contributed by atoms with van der Waals surface area (Å²) in [6.45, 7) is -0.141. The monoisotopic (exact) mass is 496 g/mol. The number of rotatable bonds is 5. The number of pyridine rings is 1. The fraction of sp³-hybridized carbons (Fsp3) is 0.350. The molecule has 5 rings (SSSR count). The van der Waals surface area contributed by atoms with Crippen LogP contribution in [-0.4, -0.2) is 30.5 Å². The van der Waals surface area contributed by atoms with Gasteiger partial charge >= 0.3 is 6.18 Å². The molecule has 0 bridgehead atoms. The Morgan fingerprint density at radius 2 is 2.12 bits per heavy atom. The Labute approximate surface area is 192 Å². The van der Waals surface area contributed by atoms with Gasteiger partial charge in [-0.05, 0) is 30.9 Å². The zero-order chi connectivity index (χ0) is 23.3. The molecule has 8 nitrogen and oxygen atoms in total. The predicted molar refractivity (Wildman–Crippen MR) is 115 cm³/mol. The minimum Gasteiger partial charge on any atom is -0.349 e. The molecule has 0 aromatic carbocycles. The molecule has 33 heavy (non-hydrogen) atoms. The van der Waals surface area contributed by atoms with Crippen molar-refractivity contribution in [2.24, 2.45) is 0 Å². The number of carbonyl (C=O) groups is 1. The molecule has 0 atom stereocenters. The van der Waals surface area contributed by atoms with Crippen LogP contribution >= 0.6 is 22.9 Å². The number of aromatic nitrogens is 5. The van der Waals surface area contributed by atoms with E-state index in [1.165, 1.54) is 16.2 Å². The van der Waals surface area contributed by atoms with Gasteiger partial charge in [0, 0.05) is 23.9 Å². The molecule has 0 spiro atoms. The van der Waals surface area contributed by atoms with Crippen LogP contribution in [0.1, 0.15) is 40.5 Å². The van der Waals surface area contributed by atoms with Gasteiger partial charge in [0.15, 0.2) is 11.5 Å². The Kier molecular flexibility index (Phi) is 5.36. The molecular weight excluding hydrogens is 481 g/mol. The van der Waals surface area contributed by atoms with Crippen molar-refractivity contribution >= 4 is 44.7 Å². The van der Waals surface area contributed by atoms with Crippen LogP contribution in [0.15, 0.2) is 17.1 Å². The molecule has 0 fully saturated rings. The normalized spacial score (nSPS) is 13.7. The van der Waals surface area contributed by atoms with Gasteiger partial charge < -0.3 is 10.3 Å². The minimum atomic E-state index is -4.59. The average molecular weight is 497 g/mol. The Balaban J connectivity index is 1.26. The van der Waals surface area contributed by atoms with E-state index in [1.807, 2.05) is 0 Å². The summed E-state index contributed by atoms with van der Waals surface area (Å²) >= 11 is 7.42. The quantitative estimate of drug-likeness (QED) is 0.440. The first-order chi connectivity index (χ1) is 15.7. The van der Waals surface area contributed by atoms with E-state index in [-0.39, 0.29) is 47.3 Å². The van der Waals surface area contributed by atoms with E-state index in [0.29, 0.717) is 16.0 Å². The first kappa shape index (κ1) is 21.8. The van der Waals surface area contributed by atoms with Crippen LogP contribution in [0.4, 0.5) is 13.2 Å². The third-order valence-corrected chi connectivity index (χ3v) is 6.98. The van der Waals surface area contributed by atoms with Crippen LogP contribution < -0.4 is 10.9 Å². The van der Waals surface area contributed by atoms with Gasteiger partial charge in [-0.2, -0.15) is 13.2 Å².